The Kier molecular flexibility index (Phi) is 5.76. The molecule has 1 saturated carbocycles. The van der Waals surface area contributed by atoms with Gasteiger partial charge in [0.2, 0.25) is 15.9 Å². The summed E-state index contributed by atoms with van der Waals surface area (Å²) in [5, 5.41) is 0. The maximum absolute atomic E-state index is 12.6. The van der Waals surface area contributed by atoms with Crippen LogP contribution in [0.4, 0.5) is 0 Å². The van der Waals surface area contributed by atoms with Crippen molar-refractivity contribution < 1.29 is 13.2 Å². The number of piperazine rings is 1. The summed E-state index contributed by atoms with van der Waals surface area (Å²) in [4.78, 5) is 14.5. The maximum Gasteiger partial charge on any atom is 0.225 e. The van der Waals surface area contributed by atoms with Gasteiger partial charge in [-0.15, -0.1) is 0 Å². The van der Waals surface area contributed by atoms with E-state index in [4.69, 9.17) is 5.73 Å². The lowest BCUT2D eigenvalue weighted by Crippen LogP contribution is -2.52. The molecule has 2 fully saturated rings. The van der Waals surface area contributed by atoms with E-state index in [0.717, 1.165) is 31.2 Å². The lowest BCUT2D eigenvalue weighted by molar-refractivity contribution is -0.137. The fourth-order valence-electron chi connectivity index (χ4n) is 3.77. The normalized spacial score (nSPS) is 25.7. The second-order valence-electron chi connectivity index (χ2n) is 7.09. The van der Waals surface area contributed by atoms with Crippen molar-refractivity contribution in [3.05, 3.63) is 35.9 Å². The third kappa shape index (κ3) is 4.59. The Morgan fingerprint density at radius 2 is 1.76 bits per heavy atom. The van der Waals surface area contributed by atoms with Crippen molar-refractivity contribution in [2.24, 2.45) is 11.7 Å². The maximum atomic E-state index is 12.6. The van der Waals surface area contributed by atoms with Crippen molar-refractivity contribution in [3.63, 3.8) is 0 Å². The standard InChI is InChI=1S/C18H27N3O3S/c19-17-8-4-7-16(13-17)18(22)20-9-11-21(12-10-20)25(23,24)14-15-5-2-1-3-6-15/h1-3,5-6,16-17H,4,7-14,19H2. The number of amides is 1. The molecule has 2 atom stereocenters. The highest BCUT2D eigenvalue weighted by atomic mass is 32.2. The Balaban J connectivity index is 1.55. The summed E-state index contributed by atoms with van der Waals surface area (Å²) in [6.45, 7) is 1.69. The number of nitrogens with zero attached hydrogens (tertiary/aromatic N) is 2. The van der Waals surface area contributed by atoms with Gasteiger partial charge in [0, 0.05) is 38.1 Å². The first-order valence-electron chi connectivity index (χ1n) is 9.02. The van der Waals surface area contributed by atoms with Crippen molar-refractivity contribution in [3.8, 4) is 0 Å². The second-order valence-corrected chi connectivity index (χ2v) is 9.06. The third-order valence-corrected chi connectivity index (χ3v) is 7.05. The minimum atomic E-state index is -3.34. The number of rotatable bonds is 4. The monoisotopic (exact) mass is 365 g/mol. The fourth-order valence-corrected chi connectivity index (χ4v) is 5.29. The van der Waals surface area contributed by atoms with E-state index >= 15 is 0 Å². The molecule has 2 unspecified atom stereocenters. The van der Waals surface area contributed by atoms with Gasteiger partial charge in [0.25, 0.3) is 0 Å². The summed E-state index contributed by atoms with van der Waals surface area (Å²) in [5.41, 5.74) is 6.78. The molecule has 1 aliphatic heterocycles. The molecular weight excluding hydrogens is 338 g/mol. The number of hydrogen-bond acceptors (Lipinski definition) is 4. The molecule has 138 valence electrons. The van der Waals surface area contributed by atoms with Crippen LogP contribution in [0.3, 0.4) is 0 Å². The molecule has 1 heterocycles. The van der Waals surface area contributed by atoms with Gasteiger partial charge in [0.15, 0.2) is 0 Å². The molecule has 6 nitrogen and oxygen atoms in total. The number of carbonyl (C=O) groups excluding carboxylic acids is 1. The Morgan fingerprint density at radius 3 is 2.40 bits per heavy atom. The van der Waals surface area contributed by atoms with Crippen LogP contribution in [0.2, 0.25) is 0 Å². The van der Waals surface area contributed by atoms with Crippen molar-refractivity contribution in [1.29, 1.82) is 0 Å². The first-order valence-corrected chi connectivity index (χ1v) is 10.6. The number of benzene rings is 1. The Hall–Kier alpha value is -1.44. The molecular formula is C18H27N3O3S. The fraction of sp³-hybridized carbons (Fsp3) is 0.611. The molecule has 0 radical (unpaired) electrons. The molecule has 1 aromatic rings. The molecule has 1 saturated heterocycles. The highest BCUT2D eigenvalue weighted by molar-refractivity contribution is 7.88. The van der Waals surface area contributed by atoms with Crippen LogP contribution in [0.1, 0.15) is 31.2 Å². The van der Waals surface area contributed by atoms with Crippen LogP contribution in [0.25, 0.3) is 0 Å². The highest BCUT2D eigenvalue weighted by Gasteiger charge is 2.33. The van der Waals surface area contributed by atoms with E-state index in [-0.39, 0.29) is 23.6 Å². The Bertz CT molecular complexity index is 685. The number of hydrogen-bond donors (Lipinski definition) is 1. The van der Waals surface area contributed by atoms with E-state index in [1.165, 1.54) is 4.31 Å². The lowest BCUT2D eigenvalue weighted by Gasteiger charge is -2.37. The minimum Gasteiger partial charge on any atom is -0.340 e. The molecule has 0 aromatic heterocycles. The van der Waals surface area contributed by atoms with Crippen LogP contribution < -0.4 is 5.73 Å². The predicted octanol–water partition coefficient (Wildman–Crippen LogP) is 1.18. The Labute approximate surface area is 150 Å². The van der Waals surface area contributed by atoms with E-state index in [2.05, 4.69) is 0 Å². The molecule has 3 rings (SSSR count). The van der Waals surface area contributed by atoms with E-state index in [0.29, 0.717) is 26.2 Å². The van der Waals surface area contributed by atoms with Crippen LogP contribution in [0.5, 0.6) is 0 Å². The van der Waals surface area contributed by atoms with E-state index < -0.39 is 10.0 Å². The summed E-state index contributed by atoms with van der Waals surface area (Å²) in [5.74, 6) is 0.172. The van der Waals surface area contributed by atoms with Gasteiger partial charge < -0.3 is 10.6 Å². The van der Waals surface area contributed by atoms with Crippen molar-refractivity contribution >= 4 is 15.9 Å². The number of sulfonamides is 1. The third-order valence-electron chi connectivity index (χ3n) is 5.20. The molecule has 1 aromatic carbocycles. The average Bonchev–Trinajstić information content (AvgIpc) is 2.62. The Morgan fingerprint density at radius 1 is 1.08 bits per heavy atom. The van der Waals surface area contributed by atoms with Crippen molar-refractivity contribution in [1.82, 2.24) is 9.21 Å². The first kappa shape index (κ1) is 18.4. The van der Waals surface area contributed by atoms with Crippen molar-refractivity contribution in [2.45, 2.75) is 37.5 Å². The molecule has 0 bridgehead atoms. The minimum absolute atomic E-state index is 0.0104. The lowest BCUT2D eigenvalue weighted by atomic mass is 9.85. The van der Waals surface area contributed by atoms with E-state index in [9.17, 15) is 13.2 Å². The van der Waals surface area contributed by atoms with Crippen LogP contribution in [-0.4, -0.2) is 55.8 Å². The molecule has 7 heteroatoms. The van der Waals surface area contributed by atoms with Gasteiger partial charge >= 0.3 is 0 Å². The average molecular weight is 365 g/mol. The molecule has 2 aliphatic rings. The summed E-state index contributed by atoms with van der Waals surface area (Å²) in [6.07, 6.45) is 3.66. The van der Waals surface area contributed by atoms with Crippen LogP contribution in [0.15, 0.2) is 30.3 Å². The van der Waals surface area contributed by atoms with E-state index in [1.807, 2.05) is 35.2 Å². The van der Waals surface area contributed by atoms with Gasteiger partial charge in [-0.1, -0.05) is 36.8 Å². The highest BCUT2D eigenvalue weighted by Crippen LogP contribution is 2.25. The van der Waals surface area contributed by atoms with Gasteiger partial charge in [0.1, 0.15) is 0 Å². The quantitative estimate of drug-likeness (QED) is 0.868. The zero-order chi connectivity index (χ0) is 17.9. The topological polar surface area (TPSA) is 83.7 Å². The summed E-state index contributed by atoms with van der Waals surface area (Å²) < 4.78 is 26.7. The summed E-state index contributed by atoms with van der Waals surface area (Å²) >= 11 is 0. The van der Waals surface area contributed by atoms with Gasteiger partial charge in [-0.25, -0.2) is 8.42 Å². The van der Waals surface area contributed by atoms with Crippen LogP contribution >= 0.6 is 0 Å². The van der Waals surface area contributed by atoms with Crippen LogP contribution in [0, 0.1) is 5.92 Å². The molecule has 1 aliphatic carbocycles. The first-order chi connectivity index (χ1) is 12.0. The molecule has 0 spiro atoms. The van der Waals surface area contributed by atoms with Crippen molar-refractivity contribution in [2.75, 3.05) is 26.2 Å². The molecule has 25 heavy (non-hydrogen) atoms. The largest absolute Gasteiger partial charge is 0.340 e. The number of carbonyl (C=O) groups is 1. The summed E-state index contributed by atoms with van der Waals surface area (Å²) in [7, 11) is -3.34. The molecule has 2 N–H and O–H groups in total. The second kappa shape index (κ2) is 7.85. The van der Waals surface area contributed by atoms with Gasteiger partial charge in [-0.05, 0) is 24.8 Å². The smallest absolute Gasteiger partial charge is 0.225 e. The number of nitrogens with two attached hydrogens (primary N) is 1. The van der Waals surface area contributed by atoms with Gasteiger partial charge in [0.05, 0.1) is 5.75 Å². The predicted molar refractivity (Wildman–Crippen MR) is 97.2 cm³/mol. The zero-order valence-corrected chi connectivity index (χ0v) is 15.3. The van der Waals surface area contributed by atoms with E-state index in [1.54, 1.807) is 0 Å². The summed E-state index contributed by atoms with van der Waals surface area (Å²) in [6, 6.07) is 9.33. The van der Waals surface area contributed by atoms with Gasteiger partial charge in [-0.3, -0.25) is 4.79 Å². The molecule has 1 amide bonds. The zero-order valence-electron chi connectivity index (χ0n) is 14.5. The van der Waals surface area contributed by atoms with Gasteiger partial charge in [-0.2, -0.15) is 4.31 Å². The SMILES string of the molecule is NC1CCCC(C(=O)N2CCN(S(=O)(=O)Cc3ccccc3)CC2)C1. The van der Waals surface area contributed by atoms with Crippen LogP contribution in [-0.2, 0) is 20.6 Å².